The monoisotopic (exact) mass is 826 g/mol. The SMILES string of the molecule is c1ccc(-c2ccc(-c3nc(-c4ccccc4)cc(-c4ccc(-c5cccc(-c6ccc7c(c6)-c6ccccc6C7(c6ccccc6)c6ccccc6)c5)c5ccccc45)n3)cc2)cc1. The number of aromatic nitrogens is 2. The van der Waals surface area contributed by atoms with Gasteiger partial charge in [-0.05, 0) is 95.7 Å². The Bertz CT molecular complexity index is 3470. The first-order valence-corrected chi connectivity index (χ1v) is 22.3. The third-order valence-electron chi connectivity index (χ3n) is 13.2. The molecule has 1 aliphatic rings. The first-order valence-electron chi connectivity index (χ1n) is 22.3. The van der Waals surface area contributed by atoms with Crippen molar-refractivity contribution in [2.24, 2.45) is 0 Å². The van der Waals surface area contributed by atoms with Crippen molar-refractivity contribution in [2.45, 2.75) is 5.41 Å². The van der Waals surface area contributed by atoms with Crippen molar-refractivity contribution in [2.75, 3.05) is 0 Å². The lowest BCUT2D eigenvalue weighted by atomic mass is 9.67. The molecule has 2 nitrogen and oxygen atoms in total. The zero-order chi connectivity index (χ0) is 43.2. The maximum Gasteiger partial charge on any atom is 0.160 e. The topological polar surface area (TPSA) is 25.8 Å². The van der Waals surface area contributed by atoms with Crippen LogP contribution in [0.5, 0.6) is 0 Å². The molecule has 0 saturated heterocycles. The van der Waals surface area contributed by atoms with Crippen LogP contribution in [-0.2, 0) is 5.41 Å². The Morgan fingerprint density at radius 3 is 1.43 bits per heavy atom. The molecule has 0 atom stereocenters. The zero-order valence-corrected chi connectivity index (χ0v) is 35.6. The second-order valence-corrected chi connectivity index (χ2v) is 16.8. The second-order valence-electron chi connectivity index (χ2n) is 16.8. The average molecular weight is 827 g/mol. The second kappa shape index (κ2) is 16.0. The van der Waals surface area contributed by atoms with Gasteiger partial charge in [0.2, 0.25) is 0 Å². The molecule has 65 heavy (non-hydrogen) atoms. The van der Waals surface area contributed by atoms with Gasteiger partial charge in [0.15, 0.2) is 5.82 Å². The molecule has 0 unspecified atom stereocenters. The third-order valence-corrected chi connectivity index (χ3v) is 13.2. The Morgan fingerprint density at radius 2 is 0.723 bits per heavy atom. The quantitative estimate of drug-likeness (QED) is 0.152. The van der Waals surface area contributed by atoms with E-state index in [2.05, 4.69) is 243 Å². The van der Waals surface area contributed by atoms with Crippen LogP contribution in [0.2, 0.25) is 0 Å². The fraction of sp³-hybridized carbons (Fsp3) is 0.0159. The van der Waals surface area contributed by atoms with Crippen LogP contribution in [-0.4, -0.2) is 9.97 Å². The minimum absolute atomic E-state index is 0.422. The summed E-state index contributed by atoms with van der Waals surface area (Å²) in [6.45, 7) is 0. The van der Waals surface area contributed by atoms with E-state index in [9.17, 15) is 0 Å². The lowest BCUT2D eigenvalue weighted by Crippen LogP contribution is -2.28. The van der Waals surface area contributed by atoms with Gasteiger partial charge in [-0.1, -0.05) is 237 Å². The minimum Gasteiger partial charge on any atom is -0.228 e. The Balaban J connectivity index is 0.956. The summed E-state index contributed by atoms with van der Waals surface area (Å²) >= 11 is 0. The number of hydrogen-bond acceptors (Lipinski definition) is 2. The van der Waals surface area contributed by atoms with Gasteiger partial charge in [-0.25, -0.2) is 9.97 Å². The van der Waals surface area contributed by atoms with E-state index < -0.39 is 5.41 Å². The van der Waals surface area contributed by atoms with Gasteiger partial charge in [0.05, 0.1) is 16.8 Å². The van der Waals surface area contributed by atoms with Crippen LogP contribution in [0.25, 0.3) is 89.2 Å². The van der Waals surface area contributed by atoms with E-state index in [0.717, 1.165) is 39.0 Å². The van der Waals surface area contributed by atoms with E-state index >= 15 is 0 Å². The molecule has 0 amide bonds. The number of hydrogen-bond donors (Lipinski definition) is 0. The lowest BCUT2D eigenvalue weighted by Gasteiger charge is -2.33. The molecule has 0 N–H and O–H groups in total. The van der Waals surface area contributed by atoms with Crippen LogP contribution < -0.4 is 0 Å². The summed E-state index contributed by atoms with van der Waals surface area (Å²) in [5.74, 6) is 0.698. The summed E-state index contributed by atoms with van der Waals surface area (Å²) in [5, 5.41) is 2.32. The Morgan fingerprint density at radius 1 is 0.246 bits per heavy atom. The van der Waals surface area contributed by atoms with E-state index in [1.54, 1.807) is 0 Å². The third kappa shape index (κ3) is 6.58. The molecular weight excluding hydrogens is 785 g/mol. The molecule has 2 heteroatoms. The average Bonchev–Trinajstić information content (AvgIpc) is 3.70. The van der Waals surface area contributed by atoms with E-state index in [4.69, 9.17) is 9.97 Å². The van der Waals surface area contributed by atoms with Crippen LogP contribution in [0.15, 0.2) is 255 Å². The molecule has 1 aromatic heterocycles. The van der Waals surface area contributed by atoms with Crippen molar-refractivity contribution in [1.29, 1.82) is 0 Å². The van der Waals surface area contributed by atoms with Crippen LogP contribution >= 0.6 is 0 Å². The molecule has 1 aliphatic carbocycles. The lowest BCUT2D eigenvalue weighted by molar-refractivity contribution is 0.768. The van der Waals surface area contributed by atoms with Crippen LogP contribution in [0.3, 0.4) is 0 Å². The molecule has 0 bridgehead atoms. The van der Waals surface area contributed by atoms with Crippen molar-refractivity contribution >= 4 is 10.8 Å². The van der Waals surface area contributed by atoms with Crippen molar-refractivity contribution < 1.29 is 0 Å². The summed E-state index contributed by atoms with van der Waals surface area (Å²) in [4.78, 5) is 10.4. The van der Waals surface area contributed by atoms with E-state index in [1.807, 2.05) is 12.1 Å². The molecule has 10 aromatic carbocycles. The van der Waals surface area contributed by atoms with Gasteiger partial charge >= 0.3 is 0 Å². The van der Waals surface area contributed by atoms with Crippen molar-refractivity contribution in [3.63, 3.8) is 0 Å². The van der Waals surface area contributed by atoms with Crippen molar-refractivity contribution in [3.05, 3.63) is 277 Å². The standard InChI is InChI=1S/C63H42N2/c1-5-18-43(19-6-1)44-32-34-46(35-33-44)62-64-60(45-20-7-2-8-21-45)42-61(65-62)56-38-37-52(53-28-13-14-29-54(53)56)49-23-17-22-47(40-49)48-36-39-59-57(41-48)55-30-15-16-31-58(55)63(59,50-24-9-3-10-25-50)51-26-11-4-12-27-51/h1-42H. The summed E-state index contributed by atoms with van der Waals surface area (Å²) < 4.78 is 0. The Kier molecular flexibility index (Phi) is 9.43. The fourth-order valence-corrected chi connectivity index (χ4v) is 10.2. The van der Waals surface area contributed by atoms with E-state index in [0.29, 0.717) is 5.82 Å². The minimum atomic E-state index is -0.422. The molecule has 0 spiro atoms. The van der Waals surface area contributed by atoms with Gasteiger partial charge in [0.1, 0.15) is 0 Å². The van der Waals surface area contributed by atoms with Gasteiger partial charge in [-0.15, -0.1) is 0 Å². The van der Waals surface area contributed by atoms with Gasteiger partial charge in [0.25, 0.3) is 0 Å². The maximum absolute atomic E-state index is 5.29. The summed E-state index contributed by atoms with van der Waals surface area (Å²) in [6.07, 6.45) is 0. The predicted octanol–water partition coefficient (Wildman–Crippen LogP) is 16.0. The van der Waals surface area contributed by atoms with E-state index in [-0.39, 0.29) is 0 Å². The highest BCUT2D eigenvalue weighted by molar-refractivity contribution is 6.05. The maximum atomic E-state index is 5.29. The van der Waals surface area contributed by atoms with Crippen LogP contribution in [0, 0.1) is 0 Å². The largest absolute Gasteiger partial charge is 0.228 e. The van der Waals surface area contributed by atoms with Crippen LogP contribution in [0.4, 0.5) is 0 Å². The molecular formula is C63H42N2. The normalized spacial score (nSPS) is 12.4. The van der Waals surface area contributed by atoms with Gasteiger partial charge < -0.3 is 0 Å². The van der Waals surface area contributed by atoms with Crippen molar-refractivity contribution in [1.82, 2.24) is 9.97 Å². The van der Waals surface area contributed by atoms with Gasteiger partial charge in [-0.3, -0.25) is 0 Å². The highest BCUT2D eigenvalue weighted by Gasteiger charge is 2.46. The smallest absolute Gasteiger partial charge is 0.160 e. The highest BCUT2D eigenvalue weighted by atomic mass is 14.9. The molecule has 304 valence electrons. The summed E-state index contributed by atoms with van der Waals surface area (Å²) in [5.41, 5.74) is 19.2. The number of nitrogens with zero attached hydrogens (tertiary/aromatic N) is 2. The van der Waals surface area contributed by atoms with Crippen LogP contribution in [0.1, 0.15) is 22.3 Å². The molecule has 11 aromatic rings. The first kappa shape index (κ1) is 38.2. The first-order chi connectivity index (χ1) is 32.2. The summed E-state index contributed by atoms with van der Waals surface area (Å²) in [7, 11) is 0. The molecule has 0 aliphatic heterocycles. The Labute approximate surface area is 379 Å². The fourth-order valence-electron chi connectivity index (χ4n) is 10.2. The number of fused-ring (bicyclic) bond motifs is 4. The predicted molar refractivity (Wildman–Crippen MR) is 269 cm³/mol. The molecule has 0 radical (unpaired) electrons. The Hall–Kier alpha value is -8.46. The highest BCUT2D eigenvalue weighted by Crippen LogP contribution is 2.56. The number of benzene rings is 10. The molecule has 0 fully saturated rings. The van der Waals surface area contributed by atoms with Gasteiger partial charge in [-0.2, -0.15) is 0 Å². The van der Waals surface area contributed by atoms with E-state index in [1.165, 1.54) is 66.6 Å². The molecule has 0 saturated carbocycles. The summed E-state index contributed by atoms with van der Waals surface area (Å²) in [6, 6.07) is 91.9. The van der Waals surface area contributed by atoms with Gasteiger partial charge in [0, 0.05) is 16.7 Å². The zero-order valence-electron chi connectivity index (χ0n) is 35.6. The van der Waals surface area contributed by atoms with Crippen molar-refractivity contribution in [3.8, 4) is 78.4 Å². The molecule has 12 rings (SSSR count). The number of rotatable bonds is 8. The molecule has 1 heterocycles.